The molecule has 0 spiro atoms. The summed E-state index contributed by atoms with van der Waals surface area (Å²) in [6.45, 7) is 1.66. The number of nitrogens with zero attached hydrogens (tertiary/aromatic N) is 1. The number of carboxylic acid groups (broad SMARTS) is 1. The molecule has 0 radical (unpaired) electrons. The van der Waals surface area contributed by atoms with E-state index in [2.05, 4.69) is 11.1 Å². The van der Waals surface area contributed by atoms with Gasteiger partial charge in [0.05, 0.1) is 5.69 Å². The third kappa shape index (κ3) is 2.42. The van der Waals surface area contributed by atoms with E-state index < -0.39 is 5.97 Å². The van der Waals surface area contributed by atoms with Crippen LogP contribution in [0.4, 0.5) is 0 Å². The molecule has 5 nitrogen and oxygen atoms in total. The van der Waals surface area contributed by atoms with Gasteiger partial charge in [0, 0.05) is 11.6 Å². The molecule has 122 valence electrons. The van der Waals surface area contributed by atoms with Crippen molar-refractivity contribution < 1.29 is 19.1 Å². The molecular weight excluding hydrogens is 306 g/mol. The normalized spacial score (nSPS) is 16.8. The summed E-state index contributed by atoms with van der Waals surface area (Å²) in [4.78, 5) is 15.9. The third-order valence-corrected chi connectivity index (χ3v) is 4.47. The lowest BCUT2D eigenvalue weighted by molar-refractivity contribution is 0.0697. The highest BCUT2D eigenvalue weighted by molar-refractivity contribution is 6.03. The molecule has 1 unspecified atom stereocenters. The zero-order valence-electron chi connectivity index (χ0n) is 13.3. The maximum atomic E-state index is 11.5. The Bertz CT molecular complexity index is 928. The first kappa shape index (κ1) is 14.8. The average molecular weight is 323 g/mol. The van der Waals surface area contributed by atoms with Crippen molar-refractivity contribution in [3.63, 3.8) is 0 Å². The van der Waals surface area contributed by atoms with Gasteiger partial charge >= 0.3 is 5.97 Å². The molecule has 0 aliphatic heterocycles. The second kappa shape index (κ2) is 5.67. The summed E-state index contributed by atoms with van der Waals surface area (Å²) in [5, 5.41) is 9.95. The van der Waals surface area contributed by atoms with E-state index in [-0.39, 0.29) is 11.7 Å². The van der Waals surface area contributed by atoms with Gasteiger partial charge in [-0.2, -0.15) is 0 Å². The number of aromatic nitrogens is 1. The Morgan fingerprint density at radius 3 is 3.08 bits per heavy atom. The number of aromatic carboxylic acids is 1. The summed E-state index contributed by atoms with van der Waals surface area (Å²) in [7, 11) is 0. The fraction of sp³-hybridized carbons (Fsp3) is 0.263. The molecular formula is C19H17NO4. The largest absolute Gasteiger partial charge is 0.484 e. The van der Waals surface area contributed by atoms with Gasteiger partial charge < -0.3 is 14.3 Å². The third-order valence-electron chi connectivity index (χ3n) is 4.47. The summed E-state index contributed by atoms with van der Waals surface area (Å²) in [6.07, 6.45) is 4.65. The minimum absolute atomic E-state index is 0.103. The minimum atomic E-state index is -0.993. The molecule has 3 aromatic rings. The molecule has 4 rings (SSSR count). The summed E-state index contributed by atoms with van der Waals surface area (Å²) in [5.74, 6) is 0.0433. The Morgan fingerprint density at radius 2 is 2.25 bits per heavy atom. The highest BCUT2D eigenvalue weighted by atomic mass is 16.5. The van der Waals surface area contributed by atoms with E-state index in [4.69, 9.17) is 9.15 Å². The maximum Gasteiger partial charge on any atom is 0.339 e. The molecule has 1 N–H and O–H groups in total. The molecule has 0 amide bonds. The molecule has 0 fully saturated rings. The SMILES string of the molecule is Cc1oc2ccc(OC3CCCc4cccnc43)cc2c1C(=O)O. The highest BCUT2D eigenvalue weighted by Gasteiger charge is 2.24. The smallest absolute Gasteiger partial charge is 0.339 e. The minimum Gasteiger partial charge on any atom is -0.484 e. The number of ether oxygens (including phenoxy) is 1. The summed E-state index contributed by atoms with van der Waals surface area (Å²) in [6, 6.07) is 9.34. The van der Waals surface area contributed by atoms with Crippen LogP contribution < -0.4 is 4.74 Å². The van der Waals surface area contributed by atoms with Crippen molar-refractivity contribution in [1.29, 1.82) is 0 Å². The van der Waals surface area contributed by atoms with E-state index in [0.29, 0.717) is 22.5 Å². The first-order valence-electron chi connectivity index (χ1n) is 8.00. The van der Waals surface area contributed by atoms with Crippen molar-refractivity contribution >= 4 is 16.9 Å². The highest BCUT2D eigenvalue weighted by Crippen LogP contribution is 2.34. The molecule has 1 atom stereocenters. The van der Waals surface area contributed by atoms with Gasteiger partial charge in [-0.25, -0.2) is 4.79 Å². The second-order valence-corrected chi connectivity index (χ2v) is 6.04. The lowest BCUT2D eigenvalue weighted by Gasteiger charge is -2.25. The Morgan fingerprint density at radius 1 is 1.38 bits per heavy atom. The van der Waals surface area contributed by atoms with Gasteiger partial charge in [-0.1, -0.05) is 6.07 Å². The molecule has 2 aromatic heterocycles. The van der Waals surface area contributed by atoms with E-state index in [1.807, 2.05) is 12.1 Å². The number of hydrogen-bond acceptors (Lipinski definition) is 4. The maximum absolute atomic E-state index is 11.5. The van der Waals surface area contributed by atoms with Gasteiger partial charge in [-0.05, 0) is 56.0 Å². The number of furan rings is 1. The standard InChI is InChI=1S/C19H17NO4/c1-11-17(19(21)22)14-10-13(7-8-15(14)23-11)24-16-6-2-4-12-5-3-9-20-18(12)16/h3,5,7-10,16H,2,4,6H2,1H3,(H,21,22). The van der Waals surface area contributed by atoms with Gasteiger partial charge in [0.15, 0.2) is 0 Å². The van der Waals surface area contributed by atoms with Crippen LogP contribution in [0.3, 0.4) is 0 Å². The van der Waals surface area contributed by atoms with Crippen LogP contribution in [0.5, 0.6) is 5.75 Å². The van der Waals surface area contributed by atoms with Crippen LogP contribution in [0.15, 0.2) is 40.9 Å². The Kier molecular flexibility index (Phi) is 3.49. The van der Waals surface area contributed by atoms with Crippen molar-refractivity contribution in [1.82, 2.24) is 4.98 Å². The lowest BCUT2D eigenvalue weighted by atomic mass is 9.94. The van der Waals surface area contributed by atoms with Crippen LogP contribution in [0.25, 0.3) is 11.0 Å². The first-order valence-corrected chi connectivity index (χ1v) is 8.00. The zero-order valence-corrected chi connectivity index (χ0v) is 13.3. The number of fused-ring (bicyclic) bond motifs is 2. The number of rotatable bonds is 3. The molecule has 24 heavy (non-hydrogen) atoms. The molecule has 1 aliphatic carbocycles. The number of carboxylic acids is 1. The van der Waals surface area contributed by atoms with Crippen molar-refractivity contribution in [3.8, 4) is 5.75 Å². The summed E-state index contributed by atoms with van der Waals surface area (Å²) < 4.78 is 11.6. The van der Waals surface area contributed by atoms with Gasteiger partial charge in [0.25, 0.3) is 0 Å². The van der Waals surface area contributed by atoms with Crippen LogP contribution in [0.1, 0.15) is 46.3 Å². The molecule has 0 saturated heterocycles. The van der Waals surface area contributed by atoms with Crippen LogP contribution in [0.2, 0.25) is 0 Å². The molecule has 5 heteroatoms. The van der Waals surface area contributed by atoms with Gasteiger partial charge in [-0.15, -0.1) is 0 Å². The number of pyridine rings is 1. The Balaban J connectivity index is 1.71. The second-order valence-electron chi connectivity index (χ2n) is 6.04. The van der Waals surface area contributed by atoms with Gasteiger partial charge in [-0.3, -0.25) is 4.98 Å². The van der Waals surface area contributed by atoms with Crippen molar-refractivity contribution in [2.24, 2.45) is 0 Å². The average Bonchev–Trinajstić information content (AvgIpc) is 2.90. The topological polar surface area (TPSA) is 72.6 Å². The van der Waals surface area contributed by atoms with E-state index in [1.165, 1.54) is 5.56 Å². The quantitative estimate of drug-likeness (QED) is 0.778. The number of benzene rings is 1. The number of aryl methyl sites for hydroxylation is 2. The molecule has 0 bridgehead atoms. The fourth-order valence-corrected chi connectivity index (χ4v) is 3.38. The summed E-state index contributed by atoms with van der Waals surface area (Å²) in [5.41, 5.74) is 2.95. The summed E-state index contributed by atoms with van der Waals surface area (Å²) >= 11 is 0. The van der Waals surface area contributed by atoms with Gasteiger partial charge in [0.1, 0.15) is 28.8 Å². The van der Waals surface area contributed by atoms with Crippen LogP contribution in [-0.4, -0.2) is 16.1 Å². The van der Waals surface area contributed by atoms with E-state index >= 15 is 0 Å². The van der Waals surface area contributed by atoms with Crippen LogP contribution >= 0.6 is 0 Å². The van der Waals surface area contributed by atoms with E-state index in [1.54, 1.807) is 25.3 Å². The molecule has 1 aromatic carbocycles. The number of hydrogen-bond donors (Lipinski definition) is 1. The zero-order chi connectivity index (χ0) is 16.7. The first-order chi connectivity index (χ1) is 11.6. The van der Waals surface area contributed by atoms with Crippen LogP contribution in [-0.2, 0) is 6.42 Å². The van der Waals surface area contributed by atoms with Crippen molar-refractivity contribution in [2.45, 2.75) is 32.3 Å². The van der Waals surface area contributed by atoms with Crippen LogP contribution in [0, 0.1) is 6.92 Å². The Hall–Kier alpha value is -2.82. The number of carbonyl (C=O) groups is 1. The fourth-order valence-electron chi connectivity index (χ4n) is 3.38. The molecule has 1 aliphatic rings. The molecule has 2 heterocycles. The van der Waals surface area contributed by atoms with E-state index in [0.717, 1.165) is 25.0 Å². The lowest BCUT2D eigenvalue weighted by Crippen LogP contribution is -2.16. The van der Waals surface area contributed by atoms with E-state index in [9.17, 15) is 9.90 Å². The van der Waals surface area contributed by atoms with Gasteiger partial charge in [0.2, 0.25) is 0 Å². The predicted octanol–water partition coefficient (Wildman–Crippen LogP) is 4.29. The Labute approximate surface area is 138 Å². The van der Waals surface area contributed by atoms with Crippen molar-refractivity contribution in [3.05, 3.63) is 59.1 Å². The predicted molar refractivity (Wildman–Crippen MR) is 88.5 cm³/mol. The molecule has 0 saturated carbocycles. The van der Waals surface area contributed by atoms with Crippen molar-refractivity contribution in [2.75, 3.05) is 0 Å². The monoisotopic (exact) mass is 323 g/mol.